The summed E-state index contributed by atoms with van der Waals surface area (Å²) in [5.74, 6) is 1.38. The molecule has 1 unspecified atom stereocenters. The summed E-state index contributed by atoms with van der Waals surface area (Å²) in [4.78, 5) is 4.17. The Morgan fingerprint density at radius 3 is 2.56 bits per heavy atom. The highest BCUT2D eigenvalue weighted by Gasteiger charge is 2.06. The fourth-order valence-corrected chi connectivity index (χ4v) is 1.82. The number of rotatable bonds is 5. The first-order valence-corrected chi connectivity index (χ1v) is 6.24. The van der Waals surface area contributed by atoms with Crippen LogP contribution in [0.15, 0.2) is 28.8 Å². The van der Waals surface area contributed by atoms with Crippen molar-refractivity contribution in [1.82, 2.24) is 15.5 Å². The molecular weight excluding hydrogens is 226 g/mol. The van der Waals surface area contributed by atoms with Gasteiger partial charge in [-0.15, -0.1) is 0 Å². The van der Waals surface area contributed by atoms with Crippen LogP contribution in [-0.2, 0) is 6.42 Å². The second-order valence-electron chi connectivity index (χ2n) is 4.57. The number of benzene rings is 1. The lowest BCUT2D eigenvalue weighted by Gasteiger charge is -2.13. The second kappa shape index (κ2) is 5.78. The van der Waals surface area contributed by atoms with E-state index in [4.69, 9.17) is 4.52 Å². The molecule has 0 fully saturated rings. The summed E-state index contributed by atoms with van der Waals surface area (Å²) in [6, 6.07) is 8.92. The number of aryl methyl sites for hydroxylation is 2. The summed E-state index contributed by atoms with van der Waals surface area (Å²) in [6.07, 6.45) is 0.785. The van der Waals surface area contributed by atoms with Crippen LogP contribution in [0.2, 0.25) is 0 Å². The van der Waals surface area contributed by atoms with Gasteiger partial charge in [0.05, 0.1) is 0 Å². The van der Waals surface area contributed by atoms with E-state index in [1.165, 1.54) is 11.1 Å². The maximum absolute atomic E-state index is 4.93. The van der Waals surface area contributed by atoms with Gasteiger partial charge in [-0.05, 0) is 19.4 Å². The number of aromatic nitrogens is 2. The fraction of sp³-hybridized carbons (Fsp3) is 0.429. The third kappa shape index (κ3) is 3.40. The average molecular weight is 245 g/mol. The zero-order chi connectivity index (χ0) is 13.0. The zero-order valence-electron chi connectivity index (χ0n) is 11.1. The molecule has 18 heavy (non-hydrogen) atoms. The second-order valence-corrected chi connectivity index (χ2v) is 4.57. The van der Waals surface area contributed by atoms with Gasteiger partial charge in [0.15, 0.2) is 5.82 Å². The predicted octanol–water partition coefficient (Wildman–Crippen LogP) is 2.58. The van der Waals surface area contributed by atoms with E-state index in [1.807, 2.05) is 0 Å². The minimum absolute atomic E-state index is 0.332. The molecule has 0 saturated heterocycles. The highest BCUT2D eigenvalue weighted by atomic mass is 16.5. The Bertz CT molecular complexity index is 490. The normalized spacial score (nSPS) is 12.6. The summed E-state index contributed by atoms with van der Waals surface area (Å²) < 4.78 is 4.93. The van der Waals surface area contributed by atoms with E-state index in [0.717, 1.165) is 18.8 Å². The Morgan fingerprint density at radius 1 is 1.22 bits per heavy atom. The molecule has 4 nitrogen and oxygen atoms in total. The lowest BCUT2D eigenvalue weighted by atomic mass is 10.1. The predicted molar refractivity (Wildman–Crippen MR) is 70.3 cm³/mol. The number of hydrogen-bond donors (Lipinski definition) is 1. The maximum Gasteiger partial charge on any atom is 0.223 e. The number of hydrogen-bond acceptors (Lipinski definition) is 4. The zero-order valence-corrected chi connectivity index (χ0v) is 11.1. The molecule has 0 aliphatic heterocycles. The quantitative estimate of drug-likeness (QED) is 0.879. The Balaban J connectivity index is 1.81. The van der Waals surface area contributed by atoms with Crippen LogP contribution in [0.25, 0.3) is 0 Å². The van der Waals surface area contributed by atoms with Gasteiger partial charge in [0.1, 0.15) is 0 Å². The van der Waals surface area contributed by atoms with E-state index < -0.39 is 0 Å². The van der Waals surface area contributed by atoms with Crippen molar-refractivity contribution in [3.63, 3.8) is 0 Å². The van der Waals surface area contributed by atoms with Crippen LogP contribution >= 0.6 is 0 Å². The van der Waals surface area contributed by atoms with Gasteiger partial charge in [-0.2, -0.15) is 4.98 Å². The molecule has 96 valence electrons. The highest BCUT2D eigenvalue weighted by molar-refractivity contribution is 5.23. The molecule has 0 aliphatic carbocycles. The van der Waals surface area contributed by atoms with Crippen molar-refractivity contribution < 1.29 is 4.52 Å². The third-order valence-corrected chi connectivity index (χ3v) is 2.95. The summed E-state index contributed by atoms with van der Waals surface area (Å²) in [5, 5.41) is 7.33. The summed E-state index contributed by atoms with van der Waals surface area (Å²) in [5.41, 5.74) is 2.58. The van der Waals surface area contributed by atoms with E-state index >= 15 is 0 Å². The van der Waals surface area contributed by atoms with E-state index in [1.54, 1.807) is 6.92 Å². The van der Waals surface area contributed by atoms with Gasteiger partial charge < -0.3 is 9.84 Å². The van der Waals surface area contributed by atoms with Gasteiger partial charge in [-0.3, -0.25) is 0 Å². The number of nitrogens with one attached hydrogen (secondary N) is 1. The maximum atomic E-state index is 4.93. The van der Waals surface area contributed by atoms with Crippen molar-refractivity contribution in [3.8, 4) is 0 Å². The summed E-state index contributed by atoms with van der Waals surface area (Å²) >= 11 is 0. The van der Waals surface area contributed by atoms with Crippen LogP contribution in [0.4, 0.5) is 0 Å². The van der Waals surface area contributed by atoms with Crippen molar-refractivity contribution >= 4 is 0 Å². The van der Waals surface area contributed by atoms with Gasteiger partial charge in [-0.25, -0.2) is 0 Å². The van der Waals surface area contributed by atoms with Crippen LogP contribution in [0, 0.1) is 13.8 Å². The van der Waals surface area contributed by atoms with Crippen molar-refractivity contribution in [1.29, 1.82) is 0 Å². The molecule has 0 aliphatic rings. The van der Waals surface area contributed by atoms with Crippen molar-refractivity contribution in [2.45, 2.75) is 33.2 Å². The minimum atomic E-state index is 0.332. The molecule has 0 amide bonds. The van der Waals surface area contributed by atoms with Crippen LogP contribution in [0.5, 0.6) is 0 Å². The molecule has 1 N–H and O–H groups in total. The Hall–Kier alpha value is -1.68. The highest BCUT2D eigenvalue weighted by Crippen LogP contribution is 2.12. The van der Waals surface area contributed by atoms with Crippen molar-refractivity contribution in [3.05, 3.63) is 47.1 Å². The summed E-state index contributed by atoms with van der Waals surface area (Å²) in [7, 11) is 0. The van der Waals surface area contributed by atoms with Gasteiger partial charge in [0.2, 0.25) is 5.89 Å². The van der Waals surface area contributed by atoms with Gasteiger partial charge >= 0.3 is 0 Å². The first kappa shape index (κ1) is 12.8. The van der Waals surface area contributed by atoms with Gasteiger partial charge in [0, 0.05) is 25.9 Å². The largest absolute Gasteiger partial charge is 0.340 e. The van der Waals surface area contributed by atoms with E-state index in [-0.39, 0.29) is 0 Å². The molecule has 2 aromatic rings. The minimum Gasteiger partial charge on any atom is -0.340 e. The molecule has 1 aromatic carbocycles. The van der Waals surface area contributed by atoms with Crippen molar-refractivity contribution in [2.24, 2.45) is 0 Å². The molecule has 1 atom stereocenters. The molecule has 0 bridgehead atoms. The molecular formula is C14H19N3O. The molecule has 4 heteroatoms. The SMILES string of the molecule is Cc1ccc(C(C)NCCc2noc(C)n2)cc1. The molecule has 2 rings (SSSR count). The topological polar surface area (TPSA) is 51.0 Å². The summed E-state index contributed by atoms with van der Waals surface area (Å²) in [6.45, 7) is 6.90. The smallest absolute Gasteiger partial charge is 0.223 e. The Kier molecular flexibility index (Phi) is 4.10. The molecule has 0 saturated carbocycles. The van der Waals surface area contributed by atoms with E-state index in [2.05, 4.69) is 53.6 Å². The van der Waals surface area contributed by atoms with Gasteiger partial charge in [-0.1, -0.05) is 35.0 Å². The number of nitrogens with zero attached hydrogens (tertiary/aromatic N) is 2. The van der Waals surface area contributed by atoms with E-state index in [0.29, 0.717) is 11.9 Å². The van der Waals surface area contributed by atoms with Crippen LogP contribution < -0.4 is 5.32 Å². The van der Waals surface area contributed by atoms with Crippen molar-refractivity contribution in [2.75, 3.05) is 6.54 Å². The third-order valence-electron chi connectivity index (χ3n) is 2.95. The Labute approximate surface area is 107 Å². The van der Waals surface area contributed by atoms with Crippen LogP contribution in [0.1, 0.15) is 35.8 Å². The standard InChI is InChI=1S/C14H19N3O/c1-10-4-6-13(7-5-10)11(2)15-9-8-14-16-12(3)18-17-14/h4-7,11,15H,8-9H2,1-3H3. The lowest BCUT2D eigenvalue weighted by Crippen LogP contribution is -2.21. The molecule has 0 radical (unpaired) electrons. The lowest BCUT2D eigenvalue weighted by molar-refractivity contribution is 0.386. The monoisotopic (exact) mass is 245 g/mol. The molecule has 1 aromatic heterocycles. The Morgan fingerprint density at radius 2 is 1.94 bits per heavy atom. The van der Waals surface area contributed by atoms with Crippen LogP contribution in [-0.4, -0.2) is 16.7 Å². The average Bonchev–Trinajstić information content (AvgIpc) is 2.76. The van der Waals surface area contributed by atoms with E-state index in [9.17, 15) is 0 Å². The fourth-order valence-electron chi connectivity index (χ4n) is 1.82. The first-order valence-electron chi connectivity index (χ1n) is 6.24. The molecule has 0 spiro atoms. The van der Waals surface area contributed by atoms with Crippen LogP contribution in [0.3, 0.4) is 0 Å². The van der Waals surface area contributed by atoms with Gasteiger partial charge in [0.25, 0.3) is 0 Å². The molecule has 1 heterocycles. The first-order chi connectivity index (χ1) is 8.65.